The molecule has 0 atom stereocenters. The van der Waals surface area contributed by atoms with Crippen LogP contribution in [0.2, 0.25) is 0 Å². The molecule has 0 aromatic heterocycles. The number of carbonyl (C=O) groups is 2. The normalized spacial score (nSPS) is 14.8. The van der Waals surface area contributed by atoms with Crippen LogP contribution in [0.5, 0.6) is 5.75 Å². The topological polar surface area (TPSA) is 52.6 Å². The van der Waals surface area contributed by atoms with Crippen molar-refractivity contribution in [2.24, 2.45) is 0 Å². The maximum Gasteiger partial charge on any atom is 0.343 e. The van der Waals surface area contributed by atoms with E-state index in [1.807, 2.05) is 6.07 Å². The van der Waals surface area contributed by atoms with E-state index < -0.39 is 5.97 Å². The van der Waals surface area contributed by atoms with E-state index in [4.69, 9.17) is 9.47 Å². The summed E-state index contributed by atoms with van der Waals surface area (Å²) in [7, 11) is 0. The minimum absolute atomic E-state index is 0.00817. The van der Waals surface area contributed by atoms with Gasteiger partial charge in [0.2, 0.25) is 0 Å². The summed E-state index contributed by atoms with van der Waals surface area (Å²) in [6.07, 6.45) is 5.23. The van der Waals surface area contributed by atoms with E-state index in [-0.39, 0.29) is 12.1 Å². The highest BCUT2D eigenvalue weighted by molar-refractivity contribution is 5.96. The Morgan fingerprint density at radius 1 is 0.792 bits per heavy atom. The highest BCUT2D eigenvalue weighted by Gasteiger charge is 2.19. The van der Waals surface area contributed by atoms with Gasteiger partial charge >= 0.3 is 11.9 Å². The molecule has 4 nitrogen and oxygen atoms in total. The second-order valence-electron chi connectivity index (χ2n) is 5.95. The number of hydrogen-bond donors (Lipinski definition) is 0. The summed E-state index contributed by atoms with van der Waals surface area (Å²) in [4.78, 5) is 24.5. The van der Waals surface area contributed by atoms with Crippen LogP contribution in [0.1, 0.15) is 52.8 Å². The Hall–Kier alpha value is -2.62. The Bertz CT molecular complexity index is 703. The minimum atomic E-state index is -0.492. The zero-order chi connectivity index (χ0) is 16.8. The third-order valence-corrected chi connectivity index (χ3v) is 4.11. The van der Waals surface area contributed by atoms with Crippen LogP contribution >= 0.6 is 0 Å². The average molecular weight is 324 g/mol. The van der Waals surface area contributed by atoms with E-state index in [1.165, 1.54) is 12.5 Å². The number of carbonyl (C=O) groups excluding carboxylic acids is 2. The first-order valence-corrected chi connectivity index (χ1v) is 8.30. The number of ether oxygens (including phenoxy) is 2. The van der Waals surface area contributed by atoms with Gasteiger partial charge in [0.15, 0.2) is 0 Å². The van der Waals surface area contributed by atoms with Gasteiger partial charge in [0.1, 0.15) is 11.9 Å². The molecule has 0 N–H and O–H groups in total. The van der Waals surface area contributed by atoms with Gasteiger partial charge in [0.25, 0.3) is 0 Å². The van der Waals surface area contributed by atoms with E-state index in [2.05, 4.69) is 0 Å². The van der Waals surface area contributed by atoms with Gasteiger partial charge < -0.3 is 9.47 Å². The first-order chi connectivity index (χ1) is 11.7. The van der Waals surface area contributed by atoms with Gasteiger partial charge in [-0.05, 0) is 56.0 Å². The van der Waals surface area contributed by atoms with Gasteiger partial charge in [-0.25, -0.2) is 9.59 Å². The molecule has 3 rings (SSSR count). The van der Waals surface area contributed by atoms with Crippen LogP contribution in [0.15, 0.2) is 54.6 Å². The standard InChI is InChI=1S/C20H20O4/c21-19(23-17-10-3-1-4-11-17)15-8-7-9-16(14-15)20(22)24-18-12-5-2-6-13-18/h1,3-4,7-11,14,18H,2,5-6,12-13H2. The quantitative estimate of drug-likeness (QED) is 0.618. The molecule has 0 unspecified atom stereocenters. The second-order valence-corrected chi connectivity index (χ2v) is 5.95. The fraction of sp³-hybridized carbons (Fsp3) is 0.300. The van der Waals surface area contributed by atoms with Crippen LogP contribution < -0.4 is 4.74 Å². The van der Waals surface area contributed by atoms with Crippen molar-refractivity contribution in [1.29, 1.82) is 0 Å². The van der Waals surface area contributed by atoms with Crippen LogP contribution in [0.25, 0.3) is 0 Å². The van der Waals surface area contributed by atoms with Gasteiger partial charge in [-0.2, -0.15) is 0 Å². The summed E-state index contributed by atoms with van der Waals surface area (Å²) >= 11 is 0. The van der Waals surface area contributed by atoms with E-state index in [0.29, 0.717) is 16.9 Å². The molecule has 0 spiro atoms. The molecule has 0 radical (unpaired) electrons. The molecule has 1 saturated carbocycles. The SMILES string of the molecule is O=C(Oc1ccccc1)c1cccc(C(=O)OC2CCCCC2)c1. The van der Waals surface area contributed by atoms with Crippen LogP contribution in [-0.4, -0.2) is 18.0 Å². The summed E-state index contributed by atoms with van der Waals surface area (Å²) in [5, 5.41) is 0. The van der Waals surface area contributed by atoms with Crippen LogP contribution in [-0.2, 0) is 4.74 Å². The number of esters is 2. The first kappa shape index (κ1) is 16.2. The van der Waals surface area contributed by atoms with Gasteiger partial charge in [-0.3, -0.25) is 0 Å². The Balaban J connectivity index is 1.66. The molecule has 1 aliphatic carbocycles. The largest absolute Gasteiger partial charge is 0.459 e. The molecule has 0 amide bonds. The lowest BCUT2D eigenvalue weighted by molar-refractivity contribution is 0.0211. The van der Waals surface area contributed by atoms with Crippen molar-refractivity contribution < 1.29 is 19.1 Å². The van der Waals surface area contributed by atoms with Crippen LogP contribution in [0.3, 0.4) is 0 Å². The predicted octanol–water partition coefficient (Wildman–Crippen LogP) is 4.40. The van der Waals surface area contributed by atoms with E-state index in [1.54, 1.807) is 42.5 Å². The lowest BCUT2D eigenvalue weighted by Crippen LogP contribution is -2.21. The Labute approximate surface area is 141 Å². The van der Waals surface area contributed by atoms with E-state index in [0.717, 1.165) is 25.7 Å². The number of para-hydroxylation sites is 1. The molecular formula is C20H20O4. The predicted molar refractivity (Wildman–Crippen MR) is 90.1 cm³/mol. The highest BCUT2D eigenvalue weighted by Crippen LogP contribution is 2.22. The Kier molecular flexibility index (Phi) is 5.26. The summed E-state index contributed by atoms with van der Waals surface area (Å²) in [6, 6.07) is 15.3. The Morgan fingerprint density at radius 3 is 2.17 bits per heavy atom. The van der Waals surface area contributed by atoms with Gasteiger partial charge in [0, 0.05) is 0 Å². The van der Waals surface area contributed by atoms with Crippen molar-refractivity contribution in [3.63, 3.8) is 0 Å². The van der Waals surface area contributed by atoms with E-state index in [9.17, 15) is 9.59 Å². The van der Waals surface area contributed by atoms with Crippen molar-refractivity contribution in [3.8, 4) is 5.75 Å². The van der Waals surface area contributed by atoms with Gasteiger partial charge in [-0.1, -0.05) is 30.7 Å². The van der Waals surface area contributed by atoms with Gasteiger partial charge in [0.05, 0.1) is 11.1 Å². The minimum Gasteiger partial charge on any atom is -0.459 e. The molecule has 1 fully saturated rings. The number of rotatable bonds is 4. The van der Waals surface area contributed by atoms with Crippen molar-refractivity contribution in [2.75, 3.05) is 0 Å². The maximum atomic E-state index is 12.3. The molecule has 24 heavy (non-hydrogen) atoms. The Morgan fingerprint density at radius 2 is 1.46 bits per heavy atom. The van der Waals surface area contributed by atoms with Crippen molar-refractivity contribution in [2.45, 2.75) is 38.2 Å². The molecule has 1 aliphatic rings. The lowest BCUT2D eigenvalue weighted by Gasteiger charge is -2.21. The average Bonchev–Trinajstić information content (AvgIpc) is 2.63. The molecule has 4 heteroatoms. The number of benzene rings is 2. The molecule has 2 aromatic rings. The van der Waals surface area contributed by atoms with Crippen molar-refractivity contribution in [1.82, 2.24) is 0 Å². The van der Waals surface area contributed by atoms with Crippen LogP contribution in [0.4, 0.5) is 0 Å². The molecule has 0 bridgehead atoms. The van der Waals surface area contributed by atoms with Gasteiger partial charge in [-0.15, -0.1) is 0 Å². The summed E-state index contributed by atoms with van der Waals surface area (Å²) in [5.74, 6) is -0.400. The van der Waals surface area contributed by atoms with Crippen LogP contribution in [0, 0.1) is 0 Å². The zero-order valence-corrected chi connectivity index (χ0v) is 13.4. The molecule has 0 saturated heterocycles. The third kappa shape index (κ3) is 4.22. The molecule has 0 aliphatic heterocycles. The number of hydrogen-bond acceptors (Lipinski definition) is 4. The fourth-order valence-electron chi connectivity index (χ4n) is 2.83. The second kappa shape index (κ2) is 7.77. The molecule has 0 heterocycles. The molecule has 124 valence electrons. The monoisotopic (exact) mass is 324 g/mol. The highest BCUT2D eigenvalue weighted by atomic mass is 16.5. The zero-order valence-electron chi connectivity index (χ0n) is 13.4. The maximum absolute atomic E-state index is 12.3. The van der Waals surface area contributed by atoms with Crippen molar-refractivity contribution in [3.05, 3.63) is 65.7 Å². The summed E-state index contributed by atoms with van der Waals surface area (Å²) in [5.41, 5.74) is 0.708. The summed E-state index contributed by atoms with van der Waals surface area (Å²) in [6.45, 7) is 0. The molecular weight excluding hydrogens is 304 g/mol. The third-order valence-electron chi connectivity index (χ3n) is 4.11. The lowest BCUT2D eigenvalue weighted by atomic mass is 9.98. The fourth-order valence-corrected chi connectivity index (χ4v) is 2.83. The van der Waals surface area contributed by atoms with E-state index >= 15 is 0 Å². The summed E-state index contributed by atoms with van der Waals surface area (Å²) < 4.78 is 10.8. The molecule has 2 aromatic carbocycles. The van der Waals surface area contributed by atoms with Crippen molar-refractivity contribution >= 4 is 11.9 Å². The first-order valence-electron chi connectivity index (χ1n) is 8.30. The smallest absolute Gasteiger partial charge is 0.343 e.